The molecule has 172 valence electrons. The summed E-state index contributed by atoms with van der Waals surface area (Å²) in [5.41, 5.74) is 2.63. The molecule has 6 heteroatoms. The van der Waals surface area contributed by atoms with Crippen LogP contribution in [0.15, 0.2) is 66.7 Å². The fraction of sp³-hybridized carbons (Fsp3) is 0.296. The van der Waals surface area contributed by atoms with E-state index in [1.807, 2.05) is 56.0 Å². The molecule has 1 aliphatic rings. The van der Waals surface area contributed by atoms with Crippen LogP contribution in [0, 0.1) is 11.6 Å². The van der Waals surface area contributed by atoms with Crippen LogP contribution in [-0.4, -0.2) is 29.5 Å². The van der Waals surface area contributed by atoms with Gasteiger partial charge in [-0.2, -0.15) is 0 Å². The number of fused-ring (bicyclic) bond motifs is 1. The zero-order valence-electron chi connectivity index (χ0n) is 19.1. The summed E-state index contributed by atoms with van der Waals surface area (Å²) in [7, 11) is 0. The molecule has 1 unspecified atom stereocenters. The van der Waals surface area contributed by atoms with Crippen molar-refractivity contribution in [3.63, 3.8) is 0 Å². The smallest absolute Gasteiger partial charge is 0.242 e. The first-order valence-electron chi connectivity index (χ1n) is 11.0. The molecule has 1 amide bonds. The molecule has 0 fully saturated rings. The normalized spacial score (nSPS) is 16.5. The molecule has 0 radical (unpaired) electrons. The van der Waals surface area contributed by atoms with E-state index < -0.39 is 17.4 Å². The molecule has 0 spiro atoms. The standard InChI is InChI=1S/C27H28F2N2O2/c1-27(2,3)30-26(32)25-23-16-21(29)11-12-24(23)33-14-13-31(25)17-19-7-4-5-10-22(19)18-8-6-9-20(28)15-18/h4-12,15-16,25H,13-14,17H2,1-3H3,(H,30,32). The highest BCUT2D eigenvalue weighted by atomic mass is 19.1. The van der Waals surface area contributed by atoms with Crippen molar-refractivity contribution in [1.82, 2.24) is 10.2 Å². The van der Waals surface area contributed by atoms with Gasteiger partial charge in [0.05, 0.1) is 0 Å². The zero-order valence-corrected chi connectivity index (χ0v) is 19.1. The molecule has 1 heterocycles. The minimum atomic E-state index is -0.738. The number of benzene rings is 3. The fourth-order valence-electron chi connectivity index (χ4n) is 4.19. The van der Waals surface area contributed by atoms with Crippen molar-refractivity contribution >= 4 is 5.91 Å². The number of hydrogen-bond acceptors (Lipinski definition) is 3. The van der Waals surface area contributed by atoms with E-state index >= 15 is 0 Å². The van der Waals surface area contributed by atoms with Crippen LogP contribution in [0.3, 0.4) is 0 Å². The summed E-state index contributed by atoms with van der Waals surface area (Å²) in [5.74, 6) is -0.445. The van der Waals surface area contributed by atoms with Crippen LogP contribution >= 0.6 is 0 Å². The molecule has 0 saturated heterocycles. The van der Waals surface area contributed by atoms with Crippen molar-refractivity contribution in [2.75, 3.05) is 13.2 Å². The van der Waals surface area contributed by atoms with Gasteiger partial charge in [0.2, 0.25) is 5.91 Å². The molecule has 3 aromatic carbocycles. The topological polar surface area (TPSA) is 41.6 Å². The molecule has 1 aliphatic heterocycles. The predicted octanol–water partition coefficient (Wildman–Crippen LogP) is 5.48. The summed E-state index contributed by atoms with van der Waals surface area (Å²) >= 11 is 0. The Morgan fingerprint density at radius 1 is 1.03 bits per heavy atom. The first kappa shape index (κ1) is 22.9. The van der Waals surface area contributed by atoms with Crippen molar-refractivity contribution in [3.05, 3.63) is 89.5 Å². The largest absolute Gasteiger partial charge is 0.492 e. The van der Waals surface area contributed by atoms with E-state index in [1.54, 1.807) is 12.1 Å². The van der Waals surface area contributed by atoms with Crippen LogP contribution in [0.2, 0.25) is 0 Å². The Hall–Kier alpha value is -3.25. The van der Waals surface area contributed by atoms with E-state index in [4.69, 9.17) is 4.74 Å². The second-order valence-corrected chi connectivity index (χ2v) is 9.31. The number of carbonyl (C=O) groups is 1. The third-order valence-electron chi connectivity index (χ3n) is 5.54. The molecule has 1 atom stereocenters. The molecule has 4 rings (SSSR count). The van der Waals surface area contributed by atoms with Gasteiger partial charge in [0.1, 0.15) is 30.0 Å². The minimum absolute atomic E-state index is 0.219. The van der Waals surface area contributed by atoms with Crippen molar-refractivity contribution in [2.24, 2.45) is 0 Å². The number of halogens is 2. The van der Waals surface area contributed by atoms with E-state index in [0.29, 0.717) is 31.0 Å². The van der Waals surface area contributed by atoms with Gasteiger partial charge in [-0.15, -0.1) is 0 Å². The number of nitrogens with zero attached hydrogens (tertiary/aromatic N) is 1. The Labute approximate surface area is 193 Å². The van der Waals surface area contributed by atoms with Crippen LogP contribution in [-0.2, 0) is 11.3 Å². The summed E-state index contributed by atoms with van der Waals surface area (Å²) in [6.07, 6.45) is 0. The lowest BCUT2D eigenvalue weighted by atomic mass is 9.97. The van der Waals surface area contributed by atoms with Crippen molar-refractivity contribution in [3.8, 4) is 16.9 Å². The maximum atomic E-state index is 14.2. The highest BCUT2D eigenvalue weighted by Crippen LogP contribution is 2.35. The molecule has 1 N–H and O–H groups in total. The van der Waals surface area contributed by atoms with Gasteiger partial charge in [-0.25, -0.2) is 8.78 Å². The van der Waals surface area contributed by atoms with Crippen LogP contribution < -0.4 is 10.1 Å². The molecule has 3 aromatic rings. The third kappa shape index (κ3) is 5.40. The van der Waals surface area contributed by atoms with E-state index in [0.717, 1.165) is 16.7 Å². The Morgan fingerprint density at radius 2 is 1.79 bits per heavy atom. The number of amides is 1. The lowest BCUT2D eigenvalue weighted by Gasteiger charge is -2.32. The van der Waals surface area contributed by atoms with Crippen molar-refractivity contribution < 1.29 is 18.3 Å². The summed E-state index contributed by atoms with van der Waals surface area (Å²) in [5, 5.41) is 3.04. The first-order chi connectivity index (χ1) is 15.7. The van der Waals surface area contributed by atoms with Crippen molar-refractivity contribution in [1.29, 1.82) is 0 Å². The summed E-state index contributed by atoms with van der Waals surface area (Å²) in [6, 6.07) is 17.7. The van der Waals surface area contributed by atoms with E-state index in [2.05, 4.69) is 5.32 Å². The number of nitrogens with one attached hydrogen (secondary N) is 1. The van der Waals surface area contributed by atoms with Gasteiger partial charge in [0.25, 0.3) is 0 Å². The van der Waals surface area contributed by atoms with Gasteiger partial charge in [0.15, 0.2) is 0 Å². The molecule has 0 bridgehead atoms. The number of hydrogen-bond donors (Lipinski definition) is 1. The minimum Gasteiger partial charge on any atom is -0.492 e. The third-order valence-corrected chi connectivity index (χ3v) is 5.54. The molecule has 33 heavy (non-hydrogen) atoms. The molecular weight excluding hydrogens is 422 g/mol. The molecule has 4 nitrogen and oxygen atoms in total. The summed E-state index contributed by atoms with van der Waals surface area (Å²) < 4.78 is 34.0. The summed E-state index contributed by atoms with van der Waals surface area (Å²) in [6.45, 7) is 6.97. The van der Waals surface area contributed by atoms with E-state index in [1.165, 1.54) is 24.3 Å². The Balaban J connectivity index is 1.75. The van der Waals surface area contributed by atoms with Crippen LogP contribution in [0.25, 0.3) is 11.1 Å². The molecule has 0 saturated carbocycles. The van der Waals surface area contributed by atoms with E-state index in [9.17, 15) is 13.6 Å². The van der Waals surface area contributed by atoms with Gasteiger partial charge in [-0.05, 0) is 67.8 Å². The summed E-state index contributed by atoms with van der Waals surface area (Å²) in [4.78, 5) is 15.5. The maximum Gasteiger partial charge on any atom is 0.242 e. The Bertz CT molecular complexity index is 1160. The lowest BCUT2D eigenvalue weighted by molar-refractivity contribution is -0.128. The van der Waals surface area contributed by atoms with Gasteiger partial charge < -0.3 is 10.1 Å². The lowest BCUT2D eigenvalue weighted by Crippen LogP contribution is -2.47. The van der Waals surface area contributed by atoms with Crippen LogP contribution in [0.5, 0.6) is 5.75 Å². The second-order valence-electron chi connectivity index (χ2n) is 9.31. The molecule has 0 aromatic heterocycles. The SMILES string of the molecule is CC(C)(C)NC(=O)C1c2cc(F)ccc2OCCN1Cc1ccccc1-c1cccc(F)c1. The van der Waals surface area contributed by atoms with Crippen LogP contribution in [0.4, 0.5) is 8.78 Å². The highest BCUT2D eigenvalue weighted by molar-refractivity contribution is 5.84. The van der Waals surface area contributed by atoms with Gasteiger partial charge in [-0.3, -0.25) is 9.69 Å². The Kier molecular flexibility index (Phi) is 6.47. The molecular formula is C27H28F2N2O2. The first-order valence-corrected chi connectivity index (χ1v) is 11.0. The zero-order chi connectivity index (χ0) is 23.6. The number of ether oxygens (including phenoxy) is 1. The van der Waals surface area contributed by atoms with Crippen molar-refractivity contribution in [2.45, 2.75) is 38.9 Å². The average Bonchev–Trinajstić information content (AvgIpc) is 2.91. The molecule has 0 aliphatic carbocycles. The monoisotopic (exact) mass is 450 g/mol. The number of rotatable bonds is 4. The van der Waals surface area contributed by atoms with Gasteiger partial charge in [-0.1, -0.05) is 36.4 Å². The van der Waals surface area contributed by atoms with E-state index in [-0.39, 0.29) is 11.7 Å². The number of carbonyl (C=O) groups excluding carboxylic acids is 1. The highest BCUT2D eigenvalue weighted by Gasteiger charge is 2.34. The van der Waals surface area contributed by atoms with Crippen LogP contribution in [0.1, 0.15) is 37.9 Å². The maximum absolute atomic E-state index is 14.2. The average molecular weight is 451 g/mol. The fourth-order valence-corrected chi connectivity index (χ4v) is 4.19. The predicted molar refractivity (Wildman–Crippen MR) is 125 cm³/mol. The van der Waals surface area contributed by atoms with Gasteiger partial charge in [0, 0.05) is 24.2 Å². The Morgan fingerprint density at radius 3 is 2.55 bits per heavy atom. The van der Waals surface area contributed by atoms with Gasteiger partial charge >= 0.3 is 0 Å². The second kappa shape index (κ2) is 9.32. The quantitative estimate of drug-likeness (QED) is 0.572.